The van der Waals surface area contributed by atoms with Crippen LogP contribution in [0.15, 0.2) is 41.9 Å². The minimum atomic E-state index is 0. The highest BCUT2D eigenvalue weighted by Gasteiger charge is 1.99. The minimum absolute atomic E-state index is 0. The molecule has 26 heavy (non-hydrogen) atoms. The highest BCUT2D eigenvalue weighted by molar-refractivity contribution is 14.0. The Morgan fingerprint density at radius 2 is 1.92 bits per heavy atom. The van der Waals surface area contributed by atoms with Crippen LogP contribution in [-0.4, -0.2) is 52.6 Å². The summed E-state index contributed by atoms with van der Waals surface area (Å²) < 4.78 is 15.9. The molecule has 0 saturated carbocycles. The Balaban J connectivity index is 0.00000625. The molecule has 1 aromatic rings. The van der Waals surface area contributed by atoms with E-state index in [1.54, 1.807) is 13.2 Å². The van der Waals surface area contributed by atoms with E-state index in [9.17, 15) is 0 Å². The lowest BCUT2D eigenvalue weighted by atomic mass is 10.1. The zero-order valence-electron chi connectivity index (χ0n) is 15.8. The Labute approximate surface area is 174 Å². The number of hydrogen-bond donors (Lipinski definition) is 2. The Morgan fingerprint density at radius 1 is 1.15 bits per heavy atom. The highest BCUT2D eigenvalue weighted by Crippen LogP contribution is 2.08. The van der Waals surface area contributed by atoms with Crippen LogP contribution in [0.3, 0.4) is 0 Å². The number of ether oxygens (including phenoxy) is 3. The van der Waals surface area contributed by atoms with Gasteiger partial charge < -0.3 is 24.8 Å². The smallest absolute Gasteiger partial charge is 0.191 e. The number of benzene rings is 1. The number of aliphatic imine (C=N–C) groups is 1. The van der Waals surface area contributed by atoms with E-state index >= 15 is 0 Å². The third-order valence-corrected chi connectivity index (χ3v) is 3.27. The van der Waals surface area contributed by atoms with Gasteiger partial charge in [-0.1, -0.05) is 30.3 Å². The van der Waals surface area contributed by atoms with Crippen LogP contribution < -0.4 is 10.6 Å². The maximum atomic E-state index is 5.61. The van der Waals surface area contributed by atoms with Gasteiger partial charge in [0.05, 0.1) is 33.0 Å². The molecule has 0 aliphatic carbocycles. The van der Waals surface area contributed by atoms with Crippen molar-refractivity contribution in [3.8, 4) is 0 Å². The summed E-state index contributed by atoms with van der Waals surface area (Å²) in [6.45, 7) is 10.8. The van der Waals surface area contributed by atoms with Crippen LogP contribution in [0, 0.1) is 0 Å². The summed E-state index contributed by atoms with van der Waals surface area (Å²) in [6, 6.07) is 8.26. The summed E-state index contributed by atoms with van der Waals surface area (Å²) in [5, 5.41) is 6.42. The van der Waals surface area contributed by atoms with E-state index in [4.69, 9.17) is 14.2 Å². The van der Waals surface area contributed by atoms with Crippen molar-refractivity contribution in [3.05, 3.63) is 48.0 Å². The predicted molar refractivity (Wildman–Crippen MR) is 117 cm³/mol. The van der Waals surface area contributed by atoms with Gasteiger partial charge in [0.25, 0.3) is 0 Å². The molecule has 6 nitrogen and oxygen atoms in total. The molecule has 0 atom stereocenters. The lowest BCUT2D eigenvalue weighted by Gasteiger charge is -2.11. The molecule has 0 amide bonds. The maximum absolute atomic E-state index is 5.61. The molecule has 7 heteroatoms. The summed E-state index contributed by atoms with van der Waals surface area (Å²) in [6.07, 6.45) is 1.80. The van der Waals surface area contributed by atoms with Crippen LogP contribution in [0.25, 0.3) is 0 Å². The second-order valence-electron chi connectivity index (χ2n) is 5.32. The van der Waals surface area contributed by atoms with Crippen molar-refractivity contribution >= 4 is 29.9 Å². The van der Waals surface area contributed by atoms with Gasteiger partial charge in [-0.15, -0.1) is 30.6 Å². The Morgan fingerprint density at radius 3 is 2.65 bits per heavy atom. The summed E-state index contributed by atoms with van der Waals surface area (Å²) in [5.74, 6) is 0.746. The van der Waals surface area contributed by atoms with Crippen molar-refractivity contribution in [3.63, 3.8) is 0 Å². The zero-order valence-corrected chi connectivity index (χ0v) is 18.2. The average molecular weight is 477 g/mol. The SMILES string of the molecule is C=CCNC(=NCc1cccc(COCCOCC)c1)NCCOC.I. The van der Waals surface area contributed by atoms with E-state index in [0.717, 1.165) is 23.7 Å². The molecule has 0 aromatic heterocycles. The molecule has 0 bridgehead atoms. The van der Waals surface area contributed by atoms with Gasteiger partial charge in [0.1, 0.15) is 0 Å². The van der Waals surface area contributed by atoms with Crippen LogP contribution >= 0.6 is 24.0 Å². The first-order valence-electron chi connectivity index (χ1n) is 8.65. The molecule has 0 unspecified atom stereocenters. The third-order valence-electron chi connectivity index (χ3n) is 3.27. The zero-order chi connectivity index (χ0) is 18.2. The summed E-state index contributed by atoms with van der Waals surface area (Å²) in [5.41, 5.74) is 2.27. The number of nitrogens with one attached hydrogen (secondary N) is 2. The van der Waals surface area contributed by atoms with Crippen molar-refractivity contribution in [1.82, 2.24) is 10.6 Å². The lowest BCUT2D eigenvalue weighted by Crippen LogP contribution is -2.39. The average Bonchev–Trinajstić information content (AvgIpc) is 2.64. The van der Waals surface area contributed by atoms with E-state index in [0.29, 0.717) is 46.1 Å². The van der Waals surface area contributed by atoms with Crippen LogP contribution in [0.4, 0.5) is 0 Å². The van der Waals surface area contributed by atoms with Crippen molar-refractivity contribution in [1.29, 1.82) is 0 Å². The molecule has 0 fully saturated rings. The van der Waals surface area contributed by atoms with Crippen molar-refractivity contribution < 1.29 is 14.2 Å². The van der Waals surface area contributed by atoms with Crippen LogP contribution in [0.1, 0.15) is 18.1 Å². The Kier molecular flexibility index (Phi) is 16.5. The molecule has 0 spiro atoms. The van der Waals surface area contributed by atoms with Gasteiger partial charge in [0.15, 0.2) is 5.96 Å². The third kappa shape index (κ3) is 12.2. The second kappa shape index (κ2) is 17.3. The van der Waals surface area contributed by atoms with E-state index < -0.39 is 0 Å². The molecular weight excluding hydrogens is 445 g/mol. The van der Waals surface area contributed by atoms with Crippen LogP contribution in [0.2, 0.25) is 0 Å². The number of halogens is 1. The van der Waals surface area contributed by atoms with Gasteiger partial charge in [0, 0.05) is 26.8 Å². The molecule has 1 rings (SSSR count). The number of methoxy groups -OCH3 is 1. The largest absolute Gasteiger partial charge is 0.383 e. The Hall–Kier alpha value is -1.16. The van der Waals surface area contributed by atoms with Crippen LogP contribution in [-0.2, 0) is 27.4 Å². The highest BCUT2D eigenvalue weighted by atomic mass is 127. The fourth-order valence-corrected chi connectivity index (χ4v) is 2.05. The summed E-state index contributed by atoms with van der Waals surface area (Å²) >= 11 is 0. The van der Waals surface area contributed by atoms with Gasteiger partial charge >= 0.3 is 0 Å². The van der Waals surface area contributed by atoms with E-state index in [1.807, 2.05) is 13.0 Å². The maximum Gasteiger partial charge on any atom is 0.191 e. The topological polar surface area (TPSA) is 64.1 Å². The first kappa shape index (κ1) is 24.8. The monoisotopic (exact) mass is 477 g/mol. The first-order valence-corrected chi connectivity index (χ1v) is 8.65. The molecule has 0 aliphatic heterocycles. The summed E-state index contributed by atoms with van der Waals surface area (Å²) in [4.78, 5) is 4.60. The molecule has 1 aromatic carbocycles. The van der Waals surface area contributed by atoms with Crippen molar-refractivity contribution in [2.24, 2.45) is 4.99 Å². The molecular formula is C19H32IN3O3. The fraction of sp³-hybridized carbons (Fsp3) is 0.526. The number of hydrogen-bond acceptors (Lipinski definition) is 4. The lowest BCUT2D eigenvalue weighted by molar-refractivity contribution is 0.0453. The number of rotatable bonds is 13. The fourth-order valence-electron chi connectivity index (χ4n) is 2.05. The number of nitrogens with zero attached hydrogens (tertiary/aromatic N) is 1. The van der Waals surface area contributed by atoms with E-state index in [-0.39, 0.29) is 24.0 Å². The van der Waals surface area contributed by atoms with E-state index in [2.05, 4.69) is 40.4 Å². The van der Waals surface area contributed by atoms with Crippen molar-refractivity contribution in [2.75, 3.05) is 46.6 Å². The molecule has 0 saturated heterocycles. The normalized spacial score (nSPS) is 10.9. The molecule has 148 valence electrons. The summed E-state index contributed by atoms with van der Waals surface area (Å²) in [7, 11) is 1.68. The van der Waals surface area contributed by atoms with Gasteiger partial charge in [-0.25, -0.2) is 4.99 Å². The number of guanidine groups is 1. The van der Waals surface area contributed by atoms with Gasteiger partial charge in [-0.2, -0.15) is 0 Å². The van der Waals surface area contributed by atoms with Crippen molar-refractivity contribution in [2.45, 2.75) is 20.1 Å². The van der Waals surface area contributed by atoms with Gasteiger partial charge in [-0.3, -0.25) is 0 Å². The molecule has 2 N–H and O–H groups in total. The second-order valence-corrected chi connectivity index (χ2v) is 5.32. The Bertz CT molecular complexity index is 513. The standard InChI is InChI=1S/C19H31N3O3.HI/c1-4-9-20-19(21-10-11-23-3)22-15-17-7-6-8-18(14-17)16-25-13-12-24-5-2;/h4,6-8,14H,1,5,9-13,15-16H2,2-3H3,(H2,20,21,22);1H. The van der Waals surface area contributed by atoms with Gasteiger partial charge in [-0.05, 0) is 18.1 Å². The minimum Gasteiger partial charge on any atom is -0.383 e. The molecule has 0 heterocycles. The van der Waals surface area contributed by atoms with Crippen LogP contribution in [0.5, 0.6) is 0 Å². The van der Waals surface area contributed by atoms with E-state index in [1.165, 1.54) is 0 Å². The quantitative estimate of drug-likeness (QED) is 0.150. The predicted octanol–water partition coefficient (Wildman–Crippen LogP) is 2.73. The molecule has 0 aliphatic rings. The van der Waals surface area contributed by atoms with Gasteiger partial charge in [0.2, 0.25) is 0 Å². The first-order chi connectivity index (χ1) is 12.3. The molecule has 0 radical (unpaired) electrons.